The number of anilines is 1. The van der Waals surface area contributed by atoms with E-state index < -0.39 is 5.60 Å². The second-order valence-electron chi connectivity index (χ2n) is 8.74. The molecule has 1 fully saturated rings. The molecule has 0 amide bonds. The number of halogens is 1. The fourth-order valence-corrected chi connectivity index (χ4v) is 5.53. The third kappa shape index (κ3) is 2.78. The summed E-state index contributed by atoms with van der Waals surface area (Å²) >= 11 is 6.30. The Labute approximate surface area is 191 Å². The molecular formula is C26H23ClN2O3. The fraction of sp³-hybridized carbons (Fsp3) is 0.269. The van der Waals surface area contributed by atoms with Gasteiger partial charge in [-0.2, -0.15) is 0 Å². The summed E-state index contributed by atoms with van der Waals surface area (Å²) in [6.07, 6.45) is 5.83. The van der Waals surface area contributed by atoms with Crippen LogP contribution in [0.1, 0.15) is 59.2 Å². The van der Waals surface area contributed by atoms with Crippen molar-refractivity contribution in [3.05, 3.63) is 87.9 Å². The van der Waals surface area contributed by atoms with E-state index >= 15 is 0 Å². The molecule has 6 rings (SSSR count). The highest BCUT2D eigenvalue weighted by atomic mass is 35.5. The van der Waals surface area contributed by atoms with E-state index in [2.05, 4.69) is 0 Å². The molecule has 0 bridgehead atoms. The average molecular weight is 447 g/mol. The number of rotatable bonds is 2. The summed E-state index contributed by atoms with van der Waals surface area (Å²) in [5, 5.41) is 2.41. The van der Waals surface area contributed by atoms with E-state index in [1.54, 1.807) is 18.2 Å². The molecule has 1 spiro atoms. The Morgan fingerprint density at radius 3 is 2.44 bits per heavy atom. The maximum Gasteiger partial charge on any atom is 0.340 e. The second-order valence-corrected chi connectivity index (χ2v) is 9.17. The van der Waals surface area contributed by atoms with Crippen LogP contribution >= 0.6 is 11.6 Å². The van der Waals surface area contributed by atoms with Crippen LogP contribution in [0.4, 0.5) is 5.69 Å². The average Bonchev–Trinajstić information content (AvgIpc) is 3.12. The van der Waals surface area contributed by atoms with E-state index in [0.717, 1.165) is 35.2 Å². The van der Waals surface area contributed by atoms with Crippen LogP contribution in [0.25, 0.3) is 0 Å². The number of esters is 1. The van der Waals surface area contributed by atoms with Gasteiger partial charge in [0.15, 0.2) is 5.60 Å². The Morgan fingerprint density at radius 1 is 0.906 bits per heavy atom. The van der Waals surface area contributed by atoms with Gasteiger partial charge in [0, 0.05) is 33.8 Å². The van der Waals surface area contributed by atoms with Gasteiger partial charge in [-0.25, -0.2) is 10.6 Å². The zero-order chi connectivity index (χ0) is 21.9. The Hall–Kier alpha value is -3.02. The summed E-state index contributed by atoms with van der Waals surface area (Å²) in [6, 6.07) is 19.2. The molecule has 1 saturated carbocycles. The van der Waals surface area contributed by atoms with Gasteiger partial charge in [0.25, 0.3) is 0 Å². The minimum atomic E-state index is -1.08. The third-order valence-corrected chi connectivity index (χ3v) is 7.16. The number of ether oxygens (including phenoxy) is 2. The minimum Gasteiger partial charge on any atom is -0.456 e. The molecule has 162 valence electrons. The molecule has 0 radical (unpaired) electrons. The van der Waals surface area contributed by atoms with Crippen LogP contribution in [0, 0.1) is 0 Å². The Balaban J connectivity index is 1.53. The number of fused-ring (bicyclic) bond motifs is 6. The van der Waals surface area contributed by atoms with Gasteiger partial charge in [-0.1, -0.05) is 49.1 Å². The molecule has 3 aromatic carbocycles. The van der Waals surface area contributed by atoms with Crippen LogP contribution < -0.4 is 15.6 Å². The summed E-state index contributed by atoms with van der Waals surface area (Å²) in [5.74, 6) is 7.39. The number of hydrogen-bond donors (Lipinski definition) is 1. The predicted molar refractivity (Wildman–Crippen MR) is 123 cm³/mol. The molecule has 2 aliphatic heterocycles. The van der Waals surface area contributed by atoms with Crippen molar-refractivity contribution < 1.29 is 14.3 Å². The van der Waals surface area contributed by atoms with Gasteiger partial charge >= 0.3 is 5.97 Å². The lowest BCUT2D eigenvalue weighted by Crippen LogP contribution is -2.42. The van der Waals surface area contributed by atoms with Crippen LogP contribution in [0.2, 0.25) is 5.02 Å². The van der Waals surface area contributed by atoms with Crippen LogP contribution in [0.3, 0.4) is 0 Å². The first-order valence-electron chi connectivity index (χ1n) is 11.1. The van der Waals surface area contributed by atoms with Gasteiger partial charge in [0.2, 0.25) is 0 Å². The molecule has 5 nitrogen and oxygen atoms in total. The number of carbonyl (C=O) groups is 1. The topological polar surface area (TPSA) is 64.8 Å². The first-order valence-corrected chi connectivity index (χ1v) is 11.4. The van der Waals surface area contributed by atoms with E-state index in [1.165, 1.54) is 19.3 Å². The number of carbonyl (C=O) groups excluding carboxylic acids is 1. The van der Waals surface area contributed by atoms with Gasteiger partial charge in [-0.15, -0.1) is 0 Å². The van der Waals surface area contributed by atoms with E-state index in [9.17, 15) is 4.79 Å². The SMILES string of the molecule is NN(c1ccc2c(c1)Oc1cc(Cl)ccc1C21OC(=O)c2ccccc21)C1CCCCC1. The zero-order valence-electron chi connectivity index (χ0n) is 17.5. The summed E-state index contributed by atoms with van der Waals surface area (Å²) < 4.78 is 12.5. The van der Waals surface area contributed by atoms with Crippen molar-refractivity contribution in [3.63, 3.8) is 0 Å². The molecule has 0 saturated heterocycles. The predicted octanol–water partition coefficient (Wildman–Crippen LogP) is 5.92. The molecule has 1 aliphatic carbocycles. The van der Waals surface area contributed by atoms with Crippen molar-refractivity contribution >= 4 is 23.3 Å². The van der Waals surface area contributed by atoms with Crippen molar-refractivity contribution in [2.45, 2.75) is 43.7 Å². The summed E-state index contributed by atoms with van der Waals surface area (Å²) in [5.41, 5.74) is 2.72. The molecule has 1 atom stereocenters. The van der Waals surface area contributed by atoms with Gasteiger partial charge in [0.1, 0.15) is 11.5 Å². The lowest BCUT2D eigenvalue weighted by atomic mass is 9.77. The quantitative estimate of drug-likeness (QED) is 0.300. The van der Waals surface area contributed by atoms with Crippen LogP contribution in [-0.4, -0.2) is 12.0 Å². The monoisotopic (exact) mass is 446 g/mol. The fourth-order valence-electron chi connectivity index (χ4n) is 5.37. The number of hydrazine groups is 1. The first-order chi connectivity index (χ1) is 15.6. The molecule has 2 heterocycles. The Morgan fingerprint density at radius 2 is 1.62 bits per heavy atom. The largest absolute Gasteiger partial charge is 0.456 e. The standard InChI is InChI=1S/C26H23ClN2O3/c27-16-10-12-21-23(14-16)31-24-15-18(29(28)17-6-2-1-3-7-17)11-13-22(24)26(21)20-9-5-4-8-19(20)25(30)32-26/h4-5,8-15,17H,1-3,6-7,28H2. The molecule has 1 unspecified atom stereocenters. The summed E-state index contributed by atoms with van der Waals surface area (Å²) in [7, 11) is 0. The second kappa shape index (κ2) is 7.26. The Kier molecular flexibility index (Phi) is 4.46. The summed E-state index contributed by atoms with van der Waals surface area (Å²) in [6.45, 7) is 0. The first kappa shape index (κ1) is 19.6. The highest BCUT2D eigenvalue weighted by Gasteiger charge is 2.53. The lowest BCUT2D eigenvalue weighted by molar-refractivity contribution is 0.0224. The van der Waals surface area contributed by atoms with Crippen LogP contribution in [0.5, 0.6) is 11.5 Å². The van der Waals surface area contributed by atoms with Crippen molar-refractivity contribution in [1.82, 2.24) is 0 Å². The van der Waals surface area contributed by atoms with Gasteiger partial charge in [0.05, 0.1) is 11.3 Å². The van der Waals surface area contributed by atoms with E-state index in [-0.39, 0.29) is 5.97 Å². The molecule has 6 heteroatoms. The van der Waals surface area contributed by atoms with Crippen molar-refractivity contribution in [2.75, 3.05) is 5.01 Å². The highest BCUT2D eigenvalue weighted by Crippen LogP contribution is 2.56. The highest BCUT2D eigenvalue weighted by molar-refractivity contribution is 6.30. The van der Waals surface area contributed by atoms with Gasteiger partial charge in [-0.05, 0) is 49.2 Å². The van der Waals surface area contributed by atoms with Crippen molar-refractivity contribution in [1.29, 1.82) is 0 Å². The minimum absolute atomic E-state index is 0.311. The third-order valence-electron chi connectivity index (χ3n) is 6.93. The number of nitrogens with two attached hydrogens (primary N) is 1. The maximum absolute atomic E-state index is 12.9. The molecular weight excluding hydrogens is 424 g/mol. The maximum atomic E-state index is 12.9. The number of benzene rings is 3. The molecule has 3 aromatic rings. The van der Waals surface area contributed by atoms with E-state index in [0.29, 0.717) is 28.1 Å². The summed E-state index contributed by atoms with van der Waals surface area (Å²) in [4.78, 5) is 12.9. The Bertz CT molecular complexity index is 1240. The zero-order valence-corrected chi connectivity index (χ0v) is 18.3. The van der Waals surface area contributed by atoms with E-state index in [1.807, 2.05) is 47.5 Å². The molecule has 3 aliphatic rings. The molecule has 2 N–H and O–H groups in total. The van der Waals surface area contributed by atoms with Crippen molar-refractivity contribution in [2.24, 2.45) is 5.84 Å². The number of nitrogens with zero attached hydrogens (tertiary/aromatic N) is 1. The van der Waals surface area contributed by atoms with Crippen molar-refractivity contribution in [3.8, 4) is 11.5 Å². The smallest absolute Gasteiger partial charge is 0.340 e. The van der Waals surface area contributed by atoms with E-state index in [4.69, 9.17) is 26.9 Å². The van der Waals surface area contributed by atoms with Gasteiger partial charge < -0.3 is 14.5 Å². The van der Waals surface area contributed by atoms with Gasteiger partial charge in [-0.3, -0.25) is 0 Å². The van der Waals surface area contributed by atoms with Crippen LogP contribution in [0.15, 0.2) is 60.7 Å². The lowest BCUT2D eigenvalue weighted by Gasteiger charge is -2.38. The molecule has 0 aromatic heterocycles. The normalized spacial score (nSPS) is 21.4. The van der Waals surface area contributed by atoms with Crippen LogP contribution in [-0.2, 0) is 10.3 Å². The number of hydrogen-bond acceptors (Lipinski definition) is 5. The molecule has 32 heavy (non-hydrogen) atoms.